The zero-order chi connectivity index (χ0) is 10.9. The van der Waals surface area contributed by atoms with Crippen molar-refractivity contribution in [1.82, 2.24) is 4.90 Å². The summed E-state index contributed by atoms with van der Waals surface area (Å²) in [6.45, 7) is 5.71. The predicted molar refractivity (Wildman–Crippen MR) is 60.7 cm³/mol. The largest absolute Gasteiger partial charge is 0.302 e. The third-order valence-electron chi connectivity index (χ3n) is 2.28. The second kappa shape index (κ2) is 4.26. The molecule has 1 fully saturated rings. The van der Waals surface area contributed by atoms with Crippen molar-refractivity contribution in [3.8, 4) is 0 Å². The molecule has 1 heterocycles. The van der Waals surface area contributed by atoms with Crippen molar-refractivity contribution in [2.24, 2.45) is 5.92 Å². The van der Waals surface area contributed by atoms with Crippen LogP contribution in [0.25, 0.3) is 0 Å². The molecular weight excluding hydrogens is 213 g/mol. The van der Waals surface area contributed by atoms with E-state index in [4.69, 9.17) is 0 Å². The number of nitrogens with zero attached hydrogens (tertiary/aromatic N) is 1. The topological polar surface area (TPSA) is 37.4 Å². The minimum Gasteiger partial charge on any atom is -0.277 e. The quantitative estimate of drug-likeness (QED) is 0.509. The van der Waals surface area contributed by atoms with E-state index in [0.29, 0.717) is 6.42 Å². The van der Waals surface area contributed by atoms with E-state index in [1.807, 2.05) is 20.8 Å². The van der Waals surface area contributed by atoms with Crippen LogP contribution in [0.15, 0.2) is 0 Å². The van der Waals surface area contributed by atoms with Crippen molar-refractivity contribution in [2.45, 2.75) is 32.7 Å². The highest BCUT2D eigenvalue weighted by molar-refractivity contribution is 8.19. The molecule has 0 aromatic carbocycles. The first-order valence-corrected chi connectivity index (χ1v) is 8.58. The van der Waals surface area contributed by atoms with E-state index in [2.05, 4.69) is 0 Å². The van der Waals surface area contributed by atoms with Gasteiger partial charge in [0.25, 0.3) is 0 Å². The fourth-order valence-corrected chi connectivity index (χ4v) is 3.60. The standard InChI is InChI=1S/C9H15NO2S.Al.2H/c1-9(2,3)10-7(11)4-6(5-13)8(10)12;;;/h6,13H,4-5H2,1-3H3;;;/q;+1;;/p-1. The van der Waals surface area contributed by atoms with Crippen LogP contribution in [0.5, 0.6) is 0 Å². The first-order chi connectivity index (χ1) is 6.38. The zero-order valence-corrected chi connectivity index (χ0v) is 12.0. The van der Waals surface area contributed by atoms with Gasteiger partial charge in [0, 0.05) is 12.0 Å². The van der Waals surface area contributed by atoms with Crippen LogP contribution in [0.3, 0.4) is 0 Å². The van der Waals surface area contributed by atoms with E-state index < -0.39 is 0 Å². The van der Waals surface area contributed by atoms with Gasteiger partial charge in [-0.1, -0.05) is 0 Å². The number of imide groups is 1. The number of hydrogen-bond acceptors (Lipinski definition) is 3. The van der Waals surface area contributed by atoms with E-state index in [9.17, 15) is 9.59 Å². The Morgan fingerprint density at radius 2 is 2.07 bits per heavy atom. The summed E-state index contributed by atoms with van der Waals surface area (Å²) in [6, 6.07) is 0. The van der Waals surface area contributed by atoms with E-state index in [1.165, 1.54) is 4.90 Å². The Bertz CT molecular complexity index is 262. The summed E-state index contributed by atoms with van der Waals surface area (Å²) in [7, 11) is 1.76. The van der Waals surface area contributed by atoms with Crippen molar-refractivity contribution in [2.75, 3.05) is 5.75 Å². The van der Waals surface area contributed by atoms with E-state index in [-0.39, 0.29) is 23.3 Å². The molecule has 1 unspecified atom stereocenters. The molecule has 2 amide bonds. The Morgan fingerprint density at radius 1 is 1.50 bits per heavy atom. The molecule has 1 aliphatic rings. The molecule has 0 spiro atoms. The van der Waals surface area contributed by atoms with Gasteiger partial charge in [-0.05, 0) is 26.5 Å². The van der Waals surface area contributed by atoms with Gasteiger partial charge in [-0.2, -0.15) is 0 Å². The fraction of sp³-hybridized carbons (Fsp3) is 0.778. The Hall–Kier alpha value is 0.0225. The van der Waals surface area contributed by atoms with Crippen LogP contribution in [-0.2, 0) is 9.59 Å². The lowest BCUT2D eigenvalue weighted by molar-refractivity contribution is -0.144. The summed E-state index contributed by atoms with van der Waals surface area (Å²) in [4.78, 5) is 24.9. The highest BCUT2D eigenvalue weighted by Crippen LogP contribution is 2.28. The fourth-order valence-electron chi connectivity index (χ4n) is 1.73. The molecule has 5 heteroatoms. The van der Waals surface area contributed by atoms with Crippen LogP contribution < -0.4 is 0 Å². The SMILES string of the molecule is CC(C)(C)N1C(=O)CC(C[S][AlH2])C1=O. The Labute approximate surface area is 96.1 Å². The first kappa shape index (κ1) is 12.1. The number of carbonyl (C=O) groups is 2. The average Bonchev–Trinajstić information content (AvgIpc) is 2.26. The van der Waals surface area contributed by atoms with Gasteiger partial charge in [0.05, 0.1) is 5.92 Å². The molecule has 0 N–H and O–H groups in total. The van der Waals surface area contributed by atoms with Crippen molar-refractivity contribution in [3.63, 3.8) is 0 Å². The Kier molecular flexibility index (Phi) is 3.68. The molecule has 0 aromatic heterocycles. The lowest BCUT2D eigenvalue weighted by Gasteiger charge is -2.30. The third kappa shape index (κ3) is 2.33. The number of hydrogen-bond donors (Lipinski definition) is 0. The third-order valence-corrected chi connectivity index (χ3v) is 4.01. The van der Waals surface area contributed by atoms with Crippen LogP contribution in [0, 0.1) is 5.92 Å². The van der Waals surface area contributed by atoms with E-state index in [0.717, 1.165) is 20.9 Å². The number of likely N-dealkylation sites (tertiary alicyclic amines) is 1. The monoisotopic (exact) mass is 229 g/mol. The molecule has 0 radical (unpaired) electrons. The molecule has 3 nitrogen and oxygen atoms in total. The average molecular weight is 229 g/mol. The van der Waals surface area contributed by atoms with E-state index >= 15 is 0 Å². The predicted octanol–water partition coefficient (Wildman–Crippen LogP) is 0.441. The van der Waals surface area contributed by atoms with Crippen molar-refractivity contribution >= 4 is 37.1 Å². The zero-order valence-electron chi connectivity index (χ0n) is 9.16. The molecular formula is C9H16AlNO2S. The molecule has 0 aromatic rings. The van der Waals surface area contributed by atoms with Gasteiger partial charge in [0.15, 0.2) is 0 Å². The molecule has 0 bridgehead atoms. The molecule has 1 aliphatic heterocycles. The van der Waals surface area contributed by atoms with Gasteiger partial charge in [0.1, 0.15) is 0 Å². The minimum atomic E-state index is -0.362. The van der Waals surface area contributed by atoms with Crippen molar-refractivity contribution in [1.29, 1.82) is 0 Å². The smallest absolute Gasteiger partial charge is 0.277 e. The maximum absolute atomic E-state index is 11.9. The van der Waals surface area contributed by atoms with Crippen LogP contribution in [-0.4, -0.2) is 43.2 Å². The summed E-state index contributed by atoms with van der Waals surface area (Å²) in [5, 5.41) is 0. The second-order valence-corrected chi connectivity index (χ2v) is 7.24. The number of amides is 2. The molecule has 1 saturated heterocycles. The summed E-state index contributed by atoms with van der Waals surface area (Å²) < 4.78 is 0. The summed E-state index contributed by atoms with van der Waals surface area (Å²) in [6.07, 6.45) is 0.408. The van der Waals surface area contributed by atoms with Gasteiger partial charge in [-0.3, -0.25) is 24.6 Å². The summed E-state index contributed by atoms with van der Waals surface area (Å²) >= 11 is 1.03. The number of carbonyl (C=O) groups excluding carboxylic acids is 2. The van der Waals surface area contributed by atoms with Gasteiger partial charge in [0.2, 0.25) is 11.8 Å². The molecule has 1 rings (SSSR count). The lowest BCUT2D eigenvalue weighted by atomic mass is 10.1. The molecule has 1 atom stereocenters. The van der Waals surface area contributed by atoms with Crippen LogP contribution in [0.1, 0.15) is 27.2 Å². The van der Waals surface area contributed by atoms with Gasteiger partial charge in [-0.15, -0.1) is 0 Å². The Morgan fingerprint density at radius 3 is 2.43 bits per heavy atom. The Balaban J connectivity index is 2.81. The van der Waals surface area contributed by atoms with Gasteiger partial charge in [-0.25, -0.2) is 0 Å². The minimum absolute atomic E-state index is 0.0109. The molecule has 78 valence electrons. The molecule has 0 saturated carbocycles. The summed E-state index contributed by atoms with van der Waals surface area (Å²) in [5.74, 6) is 0.752. The molecule has 14 heavy (non-hydrogen) atoms. The van der Waals surface area contributed by atoms with Crippen LogP contribution >= 0.6 is 10.1 Å². The van der Waals surface area contributed by atoms with E-state index in [1.54, 1.807) is 10.1 Å². The first-order valence-electron chi connectivity index (χ1n) is 4.73. The van der Waals surface area contributed by atoms with Crippen molar-refractivity contribution < 1.29 is 9.59 Å². The van der Waals surface area contributed by atoms with Gasteiger partial charge < -0.3 is 0 Å². The highest BCUT2D eigenvalue weighted by Gasteiger charge is 2.43. The highest BCUT2D eigenvalue weighted by atomic mass is 32.3. The maximum atomic E-state index is 11.9. The lowest BCUT2D eigenvalue weighted by Crippen LogP contribution is -2.45. The normalized spacial score (nSPS) is 23.4. The second-order valence-electron chi connectivity index (χ2n) is 4.59. The maximum Gasteiger partial charge on any atom is 0.302 e. The van der Waals surface area contributed by atoms with Gasteiger partial charge >= 0.3 is 15.2 Å². The van der Waals surface area contributed by atoms with Crippen LogP contribution in [0.4, 0.5) is 0 Å². The van der Waals surface area contributed by atoms with Crippen LogP contribution in [0.2, 0.25) is 0 Å². The van der Waals surface area contributed by atoms with Crippen molar-refractivity contribution in [3.05, 3.63) is 0 Å². The summed E-state index contributed by atoms with van der Waals surface area (Å²) in [5.41, 5.74) is -0.362. The number of rotatable bonds is 2. The molecule has 0 aliphatic carbocycles.